The minimum atomic E-state index is -0.841. The maximum absolute atomic E-state index is 12.4. The first-order valence-corrected chi connectivity index (χ1v) is 11.2. The molecular weight excluding hydrogens is 464 g/mol. The molecular formula is C27H19ClN4O3. The largest absolute Gasteiger partial charge is 0.423 e. The van der Waals surface area contributed by atoms with Gasteiger partial charge in [-0.1, -0.05) is 53.6 Å². The number of fused-ring (bicyclic) bond motifs is 1. The fourth-order valence-corrected chi connectivity index (χ4v) is 4.24. The zero-order valence-electron chi connectivity index (χ0n) is 18.6. The standard InChI is InChI=1S/C27H19ClN4O3/c1-15-2-4-17(5-3-15)24-23-22(21(14-29)25(30)35-26(23)32-31-24)16-8-12-20(13-9-16)34-27(33)18-6-10-19(28)11-7-18/h2-13,21-22,30H,1H3,(H,31,32). The van der Waals surface area contributed by atoms with E-state index in [0.29, 0.717) is 21.9 Å². The number of H-pyrrole nitrogens is 1. The first-order chi connectivity index (χ1) is 16.9. The Balaban J connectivity index is 1.49. The number of halogens is 1. The van der Waals surface area contributed by atoms with Gasteiger partial charge in [0, 0.05) is 10.9 Å². The molecule has 0 saturated carbocycles. The smallest absolute Gasteiger partial charge is 0.343 e. The number of rotatable bonds is 4. The molecule has 2 heterocycles. The molecule has 35 heavy (non-hydrogen) atoms. The number of ether oxygens (including phenoxy) is 2. The Kier molecular flexibility index (Phi) is 5.81. The zero-order valence-corrected chi connectivity index (χ0v) is 19.3. The number of aromatic amines is 1. The molecule has 2 unspecified atom stereocenters. The quantitative estimate of drug-likeness (QED) is 0.278. The van der Waals surface area contributed by atoms with Gasteiger partial charge in [0.05, 0.1) is 22.9 Å². The van der Waals surface area contributed by atoms with E-state index in [-0.39, 0.29) is 11.8 Å². The molecule has 1 aliphatic heterocycles. The lowest BCUT2D eigenvalue weighted by Gasteiger charge is -2.28. The van der Waals surface area contributed by atoms with Crippen molar-refractivity contribution in [2.24, 2.45) is 5.92 Å². The summed E-state index contributed by atoms with van der Waals surface area (Å²) in [6.45, 7) is 2.01. The van der Waals surface area contributed by atoms with Crippen LogP contribution >= 0.6 is 11.6 Å². The van der Waals surface area contributed by atoms with Crippen molar-refractivity contribution in [2.75, 3.05) is 0 Å². The Morgan fingerprint density at radius 1 is 1.09 bits per heavy atom. The topological polar surface area (TPSA) is 112 Å². The molecule has 172 valence electrons. The van der Waals surface area contributed by atoms with Gasteiger partial charge in [-0.2, -0.15) is 5.26 Å². The highest BCUT2D eigenvalue weighted by molar-refractivity contribution is 6.30. The van der Waals surface area contributed by atoms with Crippen molar-refractivity contribution in [1.29, 1.82) is 10.7 Å². The Hall–Kier alpha value is -4.41. The molecule has 0 bridgehead atoms. The van der Waals surface area contributed by atoms with Crippen molar-refractivity contribution in [1.82, 2.24) is 10.2 Å². The molecule has 7 nitrogen and oxygen atoms in total. The molecule has 0 amide bonds. The summed E-state index contributed by atoms with van der Waals surface area (Å²) in [4.78, 5) is 12.4. The number of hydrogen-bond acceptors (Lipinski definition) is 6. The highest BCUT2D eigenvalue weighted by atomic mass is 35.5. The van der Waals surface area contributed by atoms with Gasteiger partial charge in [-0.05, 0) is 54.4 Å². The second-order valence-electron chi connectivity index (χ2n) is 8.20. The lowest BCUT2D eigenvalue weighted by molar-refractivity contribution is 0.0734. The average molecular weight is 483 g/mol. The number of benzene rings is 3. The Bertz CT molecular complexity index is 1450. The summed E-state index contributed by atoms with van der Waals surface area (Å²) >= 11 is 5.88. The average Bonchev–Trinajstić information content (AvgIpc) is 3.28. The molecule has 0 aliphatic carbocycles. The molecule has 4 aromatic rings. The maximum Gasteiger partial charge on any atom is 0.343 e. The van der Waals surface area contributed by atoms with Crippen LogP contribution in [0.5, 0.6) is 11.6 Å². The molecule has 5 rings (SSSR count). The van der Waals surface area contributed by atoms with Crippen molar-refractivity contribution in [3.63, 3.8) is 0 Å². The van der Waals surface area contributed by atoms with E-state index >= 15 is 0 Å². The van der Waals surface area contributed by atoms with E-state index in [1.165, 1.54) is 0 Å². The SMILES string of the molecule is Cc1ccc(-c2[nH]nc3c2C(c2ccc(OC(=O)c4ccc(Cl)cc4)cc2)C(C#N)C(=N)O3)cc1. The van der Waals surface area contributed by atoms with Gasteiger partial charge in [0.2, 0.25) is 11.8 Å². The molecule has 0 spiro atoms. The van der Waals surface area contributed by atoms with E-state index in [1.54, 1.807) is 48.5 Å². The number of esters is 1. The second kappa shape index (κ2) is 9.09. The highest BCUT2D eigenvalue weighted by Crippen LogP contribution is 2.45. The minimum Gasteiger partial charge on any atom is -0.423 e. The molecule has 2 atom stereocenters. The number of aromatic nitrogens is 2. The first kappa shape index (κ1) is 22.4. The van der Waals surface area contributed by atoms with Crippen LogP contribution in [0, 0.1) is 29.6 Å². The van der Waals surface area contributed by atoms with E-state index in [2.05, 4.69) is 16.3 Å². The number of nitriles is 1. The number of carbonyl (C=O) groups excluding carboxylic acids is 1. The summed E-state index contributed by atoms with van der Waals surface area (Å²) in [7, 11) is 0. The van der Waals surface area contributed by atoms with Gasteiger partial charge in [-0.15, -0.1) is 5.10 Å². The highest BCUT2D eigenvalue weighted by Gasteiger charge is 2.40. The Labute approximate surface area is 206 Å². The van der Waals surface area contributed by atoms with E-state index in [1.807, 2.05) is 31.2 Å². The van der Waals surface area contributed by atoms with E-state index in [9.17, 15) is 10.1 Å². The molecule has 8 heteroatoms. The zero-order chi connectivity index (χ0) is 24.5. The summed E-state index contributed by atoms with van der Waals surface area (Å²) in [6, 6.07) is 23.5. The summed E-state index contributed by atoms with van der Waals surface area (Å²) in [5, 5.41) is 26.0. The Morgan fingerprint density at radius 3 is 2.43 bits per heavy atom. The van der Waals surface area contributed by atoms with Crippen LogP contribution in [0.4, 0.5) is 0 Å². The predicted molar refractivity (Wildman–Crippen MR) is 131 cm³/mol. The van der Waals surface area contributed by atoms with Crippen LogP contribution in [0.25, 0.3) is 11.3 Å². The Morgan fingerprint density at radius 2 is 1.77 bits per heavy atom. The number of hydrogen-bond donors (Lipinski definition) is 2. The third-order valence-corrected chi connectivity index (χ3v) is 6.16. The molecule has 1 aliphatic rings. The monoisotopic (exact) mass is 482 g/mol. The lowest BCUT2D eigenvalue weighted by Crippen LogP contribution is -2.30. The molecule has 3 aromatic carbocycles. The fourth-order valence-electron chi connectivity index (χ4n) is 4.11. The second-order valence-corrected chi connectivity index (χ2v) is 8.64. The number of aryl methyl sites for hydroxylation is 1. The third kappa shape index (κ3) is 4.27. The molecule has 2 N–H and O–H groups in total. The number of carbonyl (C=O) groups is 1. The molecule has 1 aromatic heterocycles. The van der Waals surface area contributed by atoms with E-state index in [4.69, 9.17) is 26.5 Å². The van der Waals surface area contributed by atoms with E-state index in [0.717, 1.165) is 22.4 Å². The number of nitrogens with one attached hydrogen (secondary N) is 2. The van der Waals surface area contributed by atoms with Gasteiger partial charge in [0.25, 0.3) is 0 Å². The normalized spacial score (nSPS) is 16.7. The van der Waals surface area contributed by atoms with Gasteiger partial charge >= 0.3 is 5.97 Å². The van der Waals surface area contributed by atoms with Gasteiger partial charge in [0.1, 0.15) is 11.7 Å². The van der Waals surface area contributed by atoms with Crippen LogP contribution in [0.15, 0.2) is 72.8 Å². The van der Waals surface area contributed by atoms with Crippen LogP contribution in [0.1, 0.15) is 33.0 Å². The van der Waals surface area contributed by atoms with Crippen LogP contribution in [0.2, 0.25) is 5.02 Å². The lowest BCUT2D eigenvalue weighted by atomic mass is 9.79. The van der Waals surface area contributed by atoms with Crippen molar-refractivity contribution < 1.29 is 14.3 Å². The summed E-state index contributed by atoms with van der Waals surface area (Å²) in [5.74, 6) is -1.36. The van der Waals surface area contributed by atoms with Crippen molar-refractivity contribution in [3.05, 3.63) is 100 Å². The van der Waals surface area contributed by atoms with Crippen molar-refractivity contribution in [3.8, 4) is 29.0 Å². The van der Waals surface area contributed by atoms with Gasteiger partial charge in [-0.25, -0.2) is 4.79 Å². The number of nitrogens with zero attached hydrogens (tertiary/aromatic N) is 2. The van der Waals surface area contributed by atoms with Crippen LogP contribution in [0.3, 0.4) is 0 Å². The van der Waals surface area contributed by atoms with Crippen LogP contribution in [-0.2, 0) is 0 Å². The minimum absolute atomic E-state index is 0.162. The molecule has 0 radical (unpaired) electrons. The van der Waals surface area contributed by atoms with E-state index < -0.39 is 17.8 Å². The van der Waals surface area contributed by atoms with Crippen molar-refractivity contribution >= 4 is 23.5 Å². The van der Waals surface area contributed by atoms with Crippen LogP contribution < -0.4 is 9.47 Å². The first-order valence-electron chi connectivity index (χ1n) is 10.8. The van der Waals surface area contributed by atoms with Gasteiger partial charge in [0.15, 0.2) is 0 Å². The van der Waals surface area contributed by atoms with Crippen LogP contribution in [-0.4, -0.2) is 22.1 Å². The van der Waals surface area contributed by atoms with Crippen molar-refractivity contribution in [2.45, 2.75) is 12.8 Å². The summed E-state index contributed by atoms with van der Waals surface area (Å²) < 4.78 is 11.1. The molecule has 0 fully saturated rings. The maximum atomic E-state index is 12.4. The third-order valence-electron chi connectivity index (χ3n) is 5.91. The van der Waals surface area contributed by atoms with Gasteiger partial charge < -0.3 is 9.47 Å². The van der Waals surface area contributed by atoms with Gasteiger partial charge in [-0.3, -0.25) is 10.5 Å². The fraction of sp³-hybridized carbons (Fsp3) is 0.111. The summed E-state index contributed by atoms with van der Waals surface area (Å²) in [6.07, 6.45) is 0. The predicted octanol–water partition coefficient (Wildman–Crippen LogP) is 5.90. The molecule has 0 saturated heterocycles. The summed E-state index contributed by atoms with van der Waals surface area (Å²) in [5.41, 5.74) is 4.61.